The Morgan fingerprint density at radius 3 is 2.42 bits per heavy atom. The highest BCUT2D eigenvalue weighted by Gasteiger charge is 2.35. The standard InChI is InChI=1S/C16H23FN2/c17-15-6-4-12(5-7-15)16(18)8-9-19-10-13-2-1-3-14(13)11-19/h4-7,13-14,16H,1-3,8-11,18H2. The smallest absolute Gasteiger partial charge is 0.123 e. The molecule has 1 saturated carbocycles. The summed E-state index contributed by atoms with van der Waals surface area (Å²) in [6, 6.07) is 6.63. The maximum atomic E-state index is 12.9. The molecule has 1 aromatic rings. The quantitative estimate of drug-likeness (QED) is 0.904. The van der Waals surface area contributed by atoms with Gasteiger partial charge in [0, 0.05) is 19.1 Å². The highest BCUT2D eigenvalue weighted by Crippen LogP contribution is 2.37. The van der Waals surface area contributed by atoms with Crippen LogP contribution < -0.4 is 5.73 Å². The Morgan fingerprint density at radius 1 is 1.16 bits per heavy atom. The highest BCUT2D eigenvalue weighted by atomic mass is 19.1. The summed E-state index contributed by atoms with van der Waals surface area (Å²) in [6.07, 6.45) is 5.24. The van der Waals surface area contributed by atoms with Gasteiger partial charge in [-0.05, 0) is 55.3 Å². The first-order valence-corrected chi connectivity index (χ1v) is 7.46. The second kappa shape index (κ2) is 5.59. The lowest BCUT2D eigenvalue weighted by atomic mass is 10.0. The summed E-state index contributed by atoms with van der Waals surface area (Å²) in [7, 11) is 0. The highest BCUT2D eigenvalue weighted by molar-refractivity contribution is 5.19. The molecule has 0 aromatic heterocycles. The molecule has 1 aromatic carbocycles. The molecule has 2 N–H and O–H groups in total. The predicted molar refractivity (Wildman–Crippen MR) is 75.2 cm³/mol. The van der Waals surface area contributed by atoms with Gasteiger partial charge >= 0.3 is 0 Å². The van der Waals surface area contributed by atoms with Crippen LogP contribution in [0.1, 0.15) is 37.3 Å². The van der Waals surface area contributed by atoms with Gasteiger partial charge in [-0.15, -0.1) is 0 Å². The third-order valence-electron chi connectivity index (χ3n) is 4.86. The molecule has 0 bridgehead atoms. The maximum absolute atomic E-state index is 12.9. The van der Waals surface area contributed by atoms with E-state index in [0.29, 0.717) is 0 Å². The molecular formula is C16H23FN2. The van der Waals surface area contributed by atoms with Gasteiger partial charge in [-0.1, -0.05) is 18.6 Å². The number of halogens is 1. The van der Waals surface area contributed by atoms with Crippen molar-refractivity contribution in [1.29, 1.82) is 0 Å². The number of nitrogens with zero attached hydrogens (tertiary/aromatic N) is 1. The molecule has 1 aliphatic carbocycles. The largest absolute Gasteiger partial charge is 0.324 e. The summed E-state index contributed by atoms with van der Waals surface area (Å²) in [6.45, 7) is 3.60. The molecule has 0 spiro atoms. The van der Waals surface area contributed by atoms with Gasteiger partial charge < -0.3 is 10.6 Å². The predicted octanol–water partition coefficient (Wildman–Crippen LogP) is 2.95. The zero-order valence-corrected chi connectivity index (χ0v) is 11.4. The monoisotopic (exact) mass is 262 g/mol. The lowest BCUT2D eigenvalue weighted by Crippen LogP contribution is -2.26. The van der Waals surface area contributed by atoms with Crippen LogP contribution in [0.2, 0.25) is 0 Å². The Kier molecular flexibility index (Phi) is 3.85. The zero-order chi connectivity index (χ0) is 13.2. The Hall–Kier alpha value is -0.930. The Morgan fingerprint density at radius 2 is 1.79 bits per heavy atom. The van der Waals surface area contributed by atoms with Crippen LogP contribution in [0, 0.1) is 17.7 Å². The molecule has 2 nitrogen and oxygen atoms in total. The van der Waals surface area contributed by atoms with E-state index < -0.39 is 0 Å². The van der Waals surface area contributed by atoms with Crippen molar-refractivity contribution in [2.75, 3.05) is 19.6 Å². The Labute approximate surface area is 114 Å². The van der Waals surface area contributed by atoms with Gasteiger partial charge in [0.2, 0.25) is 0 Å². The van der Waals surface area contributed by atoms with Crippen molar-refractivity contribution in [3.05, 3.63) is 35.6 Å². The fourth-order valence-electron chi connectivity index (χ4n) is 3.71. The van der Waals surface area contributed by atoms with Crippen LogP contribution in [0.25, 0.3) is 0 Å². The average molecular weight is 262 g/mol. The molecule has 0 amide bonds. The van der Waals surface area contributed by atoms with Crippen molar-refractivity contribution in [1.82, 2.24) is 4.90 Å². The van der Waals surface area contributed by atoms with E-state index >= 15 is 0 Å². The molecule has 104 valence electrons. The summed E-state index contributed by atoms with van der Waals surface area (Å²) in [5.41, 5.74) is 7.23. The zero-order valence-electron chi connectivity index (χ0n) is 11.4. The minimum absolute atomic E-state index is 0.0287. The summed E-state index contributed by atoms with van der Waals surface area (Å²) < 4.78 is 12.9. The number of rotatable bonds is 4. The molecule has 3 unspecified atom stereocenters. The topological polar surface area (TPSA) is 29.3 Å². The third-order valence-corrected chi connectivity index (χ3v) is 4.86. The van der Waals surface area contributed by atoms with Gasteiger partial charge in [0.05, 0.1) is 0 Å². The first kappa shape index (κ1) is 13.1. The van der Waals surface area contributed by atoms with Gasteiger partial charge in [-0.2, -0.15) is 0 Å². The van der Waals surface area contributed by atoms with Crippen molar-refractivity contribution in [2.45, 2.75) is 31.7 Å². The molecule has 3 rings (SSSR count). The third kappa shape index (κ3) is 2.98. The van der Waals surface area contributed by atoms with Gasteiger partial charge in [0.25, 0.3) is 0 Å². The summed E-state index contributed by atoms with van der Waals surface area (Å²) in [5.74, 6) is 1.70. The number of hydrogen-bond donors (Lipinski definition) is 1. The number of fused-ring (bicyclic) bond motifs is 1. The van der Waals surface area contributed by atoms with E-state index in [4.69, 9.17) is 5.73 Å². The van der Waals surface area contributed by atoms with E-state index in [0.717, 1.165) is 30.4 Å². The molecule has 1 heterocycles. The summed E-state index contributed by atoms with van der Waals surface area (Å²) >= 11 is 0. The van der Waals surface area contributed by atoms with Crippen LogP contribution in [0.4, 0.5) is 4.39 Å². The van der Waals surface area contributed by atoms with E-state index in [1.165, 1.54) is 44.5 Å². The fraction of sp³-hybridized carbons (Fsp3) is 0.625. The minimum Gasteiger partial charge on any atom is -0.324 e. The second-order valence-electron chi connectivity index (χ2n) is 6.16. The molecule has 1 aliphatic heterocycles. The van der Waals surface area contributed by atoms with Gasteiger partial charge in [0.1, 0.15) is 5.82 Å². The van der Waals surface area contributed by atoms with Crippen molar-refractivity contribution >= 4 is 0 Å². The number of likely N-dealkylation sites (tertiary alicyclic amines) is 1. The number of nitrogens with two attached hydrogens (primary N) is 1. The van der Waals surface area contributed by atoms with Crippen LogP contribution in [-0.2, 0) is 0 Å². The van der Waals surface area contributed by atoms with Crippen molar-refractivity contribution in [3.63, 3.8) is 0 Å². The number of benzene rings is 1. The molecule has 3 atom stereocenters. The lowest BCUT2D eigenvalue weighted by Gasteiger charge is -2.19. The van der Waals surface area contributed by atoms with Crippen LogP contribution in [0.15, 0.2) is 24.3 Å². The van der Waals surface area contributed by atoms with Crippen LogP contribution in [-0.4, -0.2) is 24.5 Å². The molecule has 1 saturated heterocycles. The van der Waals surface area contributed by atoms with E-state index in [9.17, 15) is 4.39 Å². The first-order valence-electron chi connectivity index (χ1n) is 7.46. The molecule has 0 radical (unpaired) electrons. The van der Waals surface area contributed by atoms with Gasteiger partial charge in [0.15, 0.2) is 0 Å². The molecule has 2 aliphatic rings. The fourth-order valence-corrected chi connectivity index (χ4v) is 3.71. The van der Waals surface area contributed by atoms with Gasteiger partial charge in [-0.25, -0.2) is 4.39 Å². The SMILES string of the molecule is NC(CCN1CC2CCCC2C1)c1ccc(F)cc1. The summed E-state index contributed by atoms with van der Waals surface area (Å²) in [5, 5.41) is 0. The Balaban J connectivity index is 1.48. The van der Waals surface area contributed by atoms with Crippen LogP contribution in [0.3, 0.4) is 0 Å². The molecule has 2 fully saturated rings. The number of hydrogen-bond acceptors (Lipinski definition) is 2. The lowest BCUT2D eigenvalue weighted by molar-refractivity contribution is 0.298. The van der Waals surface area contributed by atoms with Crippen molar-refractivity contribution in [2.24, 2.45) is 17.6 Å². The van der Waals surface area contributed by atoms with Crippen molar-refractivity contribution in [3.8, 4) is 0 Å². The van der Waals surface area contributed by atoms with Crippen molar-refractivity contribution < 1.29 is 4.39 Å². The first-order chi connectivity index (χ1) is 9.22. The molecular weight excluding hydrogens is 239 g/mol. The average Bonchev–Trinajstić information content (AvgIpc) is 2.97. The molecule has 3 heteroatoms. The summed E-state index contributed by atoms with van der Waals surface area (Å²) in [4.78, 5) is 2.57. The van der Waals surface area contributed by atoms with E-state index in [1.54, 1.807) is 12.1 Å². The van der Waals surface area contributed by atoms with Gasteiger partial charge in [-0.3, -0.25) is 0 Å². The maximum Gasteiger partial charge on any atom is 0.123 e. The van der Waals surface area contributed by atoms with E-state index in [-0.39, 0.29) is 11.9 Å². The van der Waals surface area contributed by atoms with Crippen LogP contribution in [0.5, 0.6) is 0 Å². The van der Waals surface area contributed by atoms with E-state index in [1.807, 2.05) is 0 Å². The second-order valence-corrected chi connectivity index (χ2v) is 6.16. The minimum atomic E-state index is -0.191. The van der Waals surface area contributed by atoms with E-state index in [2.05, 4.69) is 4.90 Å². The van der Waals surface area contributed by atoms with Crippen LogP contribution >= 0.6 is 0 Å². The Bertz CT molecular complexity index is 405. The molecule has 19 heavy (non-hydrogen) atoms. The normalized spacial score (nSPS) is 28.5.